The zero-order valence-electron chi connectivity index (χ0n) is 16.1. The second-order valence-electron chi connectivity index (χ2n) is 7.19. The molecule has 0 aliphatic carbocycles. The molecule has 0 amide bonds. The number of nitrogens with zero attached hydrogens (tertiary/aromatic N) is 2. The maximum absolute atomic E-state index is 6.16. The lowest BCUT2D eigenvalue weighted by Crippen LogP contribution is -2.21. The summed E-state index contributed by atoms with van der Waals surface area (Å²) in [5.74, 6) is 2.33. The summed E-state index contributed by atoms with van der Waals surface area (Å²) in [5, 5.41) is 3.57. The third-order valence-corrected chi connectivity index (χ3v) is 5.13. The molecule has 146 valence electrons. The minimum atomic E-state index is -0.116. The van der Waals surface area contributed by atoms with Gasteiger partial charge in [-0.1, -0.05) is 12.1 Å². The van der Waals surface area contributed by atoms with Crippen LogP contribution in [0.5, 0.6) is 5.75 Å². The number of aromatic amines is 1. The standard InChI is InChI=1S/C22H26N4O2/c1-16-4-5-19(13-20(16)28-15-17-6-11-27-12-7-17)26-21(22-24-9-10-25-22)18-3-2-8-23-14-18/h2-5,8-10,13-14,17,21,26H,6-7,11-12,15H2,1H3,(H,24,25). The fourth-order valence-corrected chi connectivity index (χ4v) is 3.42. The largest absolute Gasteiger partial charge is 0.493 e. The van der Waals surface area contributed by atoms with E-state index in [4.69, 9.17) is 9.47 Å². The normalized spacial score (nSPS) is 15.9. The average molecular weight is 378 g/mol. The fraction of sp³-hybridized carbons (Fsp3) is 0.364. The Labute approximate surface area is 165 Å². The lowest BCUT2D eigenvalue weighted by Gasteiger charge is -2.23. The van der Waals surface area contributed by atoms with Gasteiger partial charge < -0.3 is 19.8 Å². The Balaban J connectivity index is 1.51. The first-order chi connectivity index (χ1) is 13.8. The van der Waals surface area contributed by atoms with Crippen LogP contribution in [0.25, 0.3) is 0 Å². The minimum Gasteiger partial charge on any atom is -0.493 e. The van der Waals surface area contributed by atoms with Gasteiger partial charge in [0.15, 0.2) is 0 Å². The number of pyridine rings is 1. The van der Waals surface area contributed by atoms with Gasteiger partial charge in [0.2, 0.25) is 0 Å². The molecule has 28 heavy (non-hydrogen) atoms. The van der Waals surface area contributed by atoms with Crippen LogP contribution in [-0.2, 0) is 4.74 Å². The molecule has 1 aromatic carbocycles. The van der Waals surface area contributed by atoms with Gasteiger partial charge in [-0.3, -0.25) is 4.98 Å². The third-order valence-electron chi connectivity index (χ3n) is 5.13. The van der Waals surface area contributed by atoms with E-state index in [9.17, 15) is 0 Å². The first kappa shape index (κ1) is 18.5. The van der Waals surface area contributed by atoms with Gasteiger partial charge in [0.25, 0.3) is 0 Å². The van der Waals surface area contributed by atoms with E-state index in [0.29, 0.717) is 5.92 Å². The van der Waals surface area contributed by atoms with Crippen LogP contribution < -0.4 is 10.1 Å². The molecule has 0 bridgehead atoms. The molecule has 6 nitrogen and oxygen atoms in total. The number of benzene rings is 1. The average Bonchev–Trinajstić information content (AvgIpc) is 3.28. The van der Waals surface area contributed by atoms with Crippen LogP contribution in [0, 0.1) is 12.8 Å². The third kappa shape index (κ3) is 4.51. The number of H-pyrrole nitrogens is 1. The second kappa shape index (κ2) is 8.89. The summed E-state index contributed by atoms with van der Waals surface area (Å²) in [6, 6.07) is 10.1. The van der Waals surface area contributed by atoms with Crippen molar-refractivity contribution in [2.24, 2.45) is 5.92 Å². The molecule has 0 radical (unpaired) electrons. The van der Waals surface area contributed by atoms with E-state index in [1.165, 1.54) is 0 Å². The fourth-order valence-electron chi connectivity index (χ4n) is 3.42. The topological polar surface area (TPSA) is 72.1 Å². The van der Waals surface area contributed by atoms with E-state index in [0.717, 1.165) is 61.1 Å². The molecule has 6 heteroatoms. The molecule has 4 rings (SSSR count). The van der Waals surface area contributed by atoms with Gasteiger partial charge in [-0.25, -0.2) is 4.98 Å². The monoisotopic (exact) mass is 378 g/mol. The molecule has 1 atom stereocenters. The minimum absolute atomic E-state index is 0.116. The molecular weight excluding hydrogens is 352 g/mol. The Morgan fingerprint density at radius 3 is 2.89 bits per heavy atom. The van der Waals surface area contributed by atoms with Crippen molar-refractivity contribution in [2.45, 2.75) is 25.8 Å². The molecule has 3 heterocycles. The van der Waals surface area contributed by atoms with Gasteiger partial charge in [-0.15, -0.1) is 0 Å². The first-order valence-corrected chi connectivity index (χ1v) is 9.76. The highest BCUT2D eigenvalue weighted by atomic mass is 16.5. The van der Waals surface area contributed by atoms with Crippen molar-refractivity contribution in [3.8, 4) is 5.75 Å². The van der Waals surface area contributed by atoms with Gasteiger partial charge >= 0.3 is 0 Å². The Morgan fingerprint density at radius 2 is 2.14 bits per heavy atom. The van der Waals surface area contributed by atoms with E-state index in [2.05, 4.69) is 45.4 Å². The lowest BCUT2D eigenvalue weighted by molar-refractivity contribution is 0.0496. The zero-order valence-corrected chi connectivity index (χ0v) is 16.1. The van der Waals surface area contributed by atoms with Crippen LogP contribution in [0.3, 0.4) is 0 Å². The van der Waals surface area contributed by atoms with E-state index in [-0.39, 0.29) is 6.04 Å². The van der Waals surface area contributed by atoms with E-state index in [1.54, 1.807) is 12.4 Å². The number of anilines is 1. The molecule has 0 spiro atoms. The van der Waals surface area contributed by atoms with Gasteiger partial charge in [-0.2, -0.15) is 0 Å². The first-order valence-electron chi connectivity index (χ1n) is 9.76. The highest BCUT2D eigenvalue weighted by Crippen LogP contribution is 2.29. The molecular formula is C22H26N4O2. The number of aryl methyl sites for hydroxylation is 1. The van der Waals surface area contributed by atoms with Crippen LogP contribution in [0.1, 0.15) is 35.8 Å². The second-order valence-corrected chi connectivity index (χ2v) is 7.19. The number of hydrogen-bond acceptors (Lipinski definition) is 5. The maximum atomic E-state index is 6.16. The van der Waals surface area contributed by atoms with Crippen LogP contribution >= 0.6 is 0 Å². The number of nitrogens with one attached hydrogen (secondary N) is 2. The van der Waals surface area contributed by atoms with Crippen molar-refractivity contribution in [3.05, 3.63) is 72.1 Å². The van der Waals surface area contributed by atoms with Crippen molar-refractivity contribution >= 4 is 5.69 Å². The van der Waals surface area contributed by atoms with Gasteiger partial charge in [-0.05, 0) is 43.4 Å². The van der Waals surface area contributed by atoms with Crippen molar-refractivity contribution in [1.29, 1.82) is 0 Å². The highest BCUT2D eigenvalue weighted by molar-refractivity contribution is 5.53. The number of rotatable bonds is 7. The molecule has 1 aliphatic heterocycles. The van der Waals surface area contributed by atoms with Crippen LogP contribution in [0.15, 0.2) is 55.1 Å². The maximum Gasteiger partial charge on any atom is 0.133 e. The van der Waals surface area contributed by atoms with E-state index in [1.807, 2.05) is 24.5 Å². The molecule has 1 unspecified atom stereocenters. The van der Waals surface area contributed by atoms with Crippen LogP contribution in [0.2, 0.25) is 0 Å². The van der Waals surface area contributed by atoms with Crippen molar-refractivity contribution in [1.82, 2.24) is 15.0 Å². The van der Waals surface area contributed by atoms with Crippen molar-refractivity contribution in [2.75, 3.05) is 25.1 Å². The SMILES string of the molecule is Cc1ccc(NC(c2cccnc2)c2ncc[nH]2)cc1OCC1CCOCC1. The van der Waals surface area contributed by atoms with Gasteiger partial charge in [0.1, 0.15) is 17.6 Å². The summed E-state index contributed by atoms with van der Waals surface area (Å²) < 4.78 is 11.6. The summed E-state index contributed by atoms with van der Waals surface area (Å²) in [4.78, 5) is 11.9. The molecule has 3 aromatic rings. The van der Waals surface area contributed by atoms with Crippen molar-refractivity contribution in [3.63, 3.8) is 0 Å². The van der Waals surface area contributed by atoms with E-state index < -0.39 is 0 Å². The molecule has 1 fully saturated rings. The zero-order chi connectivity index (χ0) is 19.2. The summed E-state index contributed by atoms with van der Waals surface area (Å²) >= 11 is 0. The molecule has 1 aliphatic rings. The Hall–Kier alpha value is -2.86. The van der Waals surface area contributed by atoms with Crippen molar-refractivity contribution < 1.29 is 9.47 Å². The quantitative estimate of drug-likeness (QED) is 0.647. The van der Waals surface area contributed by atoms with Gasteiger partial charge in [0, 0.05) is 55.3 Å². The Bertz CT molecular complexity index is 862. The summed E-state index contributed by atoms with van der Waals surface area (Å²) in [6.45, 7) is 4.49. The summed E-state index contributed by atoms with van der Waals surface area (Å²) in [5.41, 5.74) is 3.16. The highest BCUT2D eigenvalue weighted by Gasteiger charge is 2.18. The molecule has 0 saturated carbocycles. The summed E-state index contributed by atoms with van der Waals surface area (Å²) in [6.07, 6.45) is 9.36. The number of hydrogen-bond donors (Lipinski definition) is 2. The predicted molar refractivity (Wildman–Crippen MR) is 109 cm³/mol. The van der Waals surface area contributed by atoms with E-state index >= 15 is 0 Å². The number of imidazole rings is 1. The Kier molecular flexibility index (Phi) is 5.87. The predicted octanol–water partition coefficient (Wildman–Crippen LogP) is 4.12. The molecule has 2 aromatic heterocycles. The lowest BCUT2D eigenvalue weighted by atomic mass is 10.0. The molecule has 1 saturated heterocycles. The molecule has 2 N–H and O–H groups in total. The number of aromatic nitrogens is 3. The Morgan fingerprint density at radius 1 is 1.25 bits per heavy atom. The smallest absolute Gasteiger partial charge is 0.133 e. The van der Waals surface area contributed by atoms with Gasteiger partial charge in [0.05, 0.1) is 6.61 Å². The summed E-state index contributed by atoms with van der Waals surface area (Å²) in [7, 11) is 0. The number of ether oxygens (including phenoxy) is 2. The van der Waals surface area contributed by atoms with Crippen LogP contribution in [-0.4, -0.2) is 34.8 Å². The van der Waals surface area contributed by atoms with Crippen LogP contribution in [0.4, 0.5) is 5.69 Å².